The second-order valence-corrected chi connectivity index (χ2v) is 3.98. The van der Waals surface area contributed by atoms with Crippen LogP contribution >= 0.6 is 10.9 Å². The van der Waals surface area contributed by atoms with Crippen LogP contribution in [-0.2, 0) is 4.74 Å². The van der Waals surface area contributed by atoms with Crippen molar-refractivity contribution in [3.8, 4) is 0 Å². The predicted octanol–water partition coefficient (Wildman–Crippen LogP) is 1.38. The van der Waals surface area contributed by atoms with Crippen molar-refractivity contribution in [2.75, 3.05) is 6.61 Å². The zero-order valence-electron chi connectivity index (χ0n) is 4.45. The number of rotatable bonds is 1. The summed E-state index contributed by atoms with van der Waals surface area (Å²) in [5.41, 5.74) is 0.583. The molecule has 1 saturated heterocycles. The lowest BCUT2D eigenvalue weighted by Gasteiger charge is -2.01. The Balaban J connectivity index is 2.06. The lowest BCUT2D eigenvalue weighted by molar-refractivity contribution is 0.460. The molecule has 0 radical (unpaired) electrons. The summed E-state index contributed by atoms with van der Waals surface area (Å²) in [5, 5.41) is 4.49. The predicted molar refractivity (Wildman–Crippen MR) is 37.0 cm³/mol. The van der Waals surface area contributed by atoms with E-state index in [0.29, 0.717) is 5.44 Å². The molecule has 2 aliphatic rings. The third-order valence-corrected chi connectivity index (χ3v) is 3.27. The monoisotopic (exact) mass is 128 g/mol. The first-order chi connectivity index (χ1) is 3.97. The molecular formula is C6H8OS. The molecule has 2 rings (SSSR count). The highest BCUT2D eigenvalue weighted by molar-refractivity contribution is 8.22. The van der Waals surface area contributed by atoms with Crippen molar-refractivity contribution in [3.05, 3.63) is 23.0 Å². The fourth-order valence-corrected chi connectivity index (χ4v) is 2.26. The molecule has 8 heavy (non-hydrogen) atoms. The van der Waals surface area contributed by atoms with Gasteiger partial charge in [0.15, 0.2) is 0 Å². The van der Waals surface area contributed by atoms with Crippen LogP contribution in [0.3, 0.4) is 0 Å². The Morgan fingerprint density at radius 3 is 2.50 bits per heavy atom. The van der Waals surface area contributed by atoms with Gasteiger partial charge in [-0.25, -0.2) is 0 Å². The van der Waals surface area contributed by atoms with Gasteiger partial charge in [-0.15, -0.1) is 0 Å². The molecule has 1 fully saturated rings. The molecular weight excluding hydrogens is 120 g/mol. The van der Waals surface area contributed by atoms with E-state index in [1.807, 2.05) is 0 Å². The Hall–Kier alpha value is -0.210. The van der Waals surface area contributed by atoms with E-state index in [2.05, 4.69) is 23.0 Å². The van der Waals surface area contributed by atoms with Gasteiger partial charge in [-0.3, -0.25) is 0 Å². The van der Waals surface area contributed by atoms with Crippen molar-refractivity contribution < 1.29 is 4.74 Å². The van der Waals surface area contributed by atoms with Crippen molar-refractivity contribution in [2.24, 2.45) is 0 Å². The molecule has 0 aromatic carbocycles. The van der Waals surface area contributed by atoms with Gasteiger partial charge in [0.05, 0.1) is 6.61 Å². The lowest BCUT2D eigenvalue weighted by Crippen LogP contribution is -1.76. The van der Waals surface area contributed by atoms with E-state index in [1.54, 1.807) is 0 Å². The first-order valence-corrected chi connectivity index (χ1v) is 4.26. The number of ether oxygens (including phenoxy) is 1. The molecule has 0 N–H and O–H groups in total. The number of hydrogen-bond donors (Lipinski definition) is 1. The minimum atomic E-state index is 0.0237. The minimum absolute atomic E-state index is 0.0237. The summed E-state index contributed by atoms with van der Waals surface area (Å²) in [6, 6.07) is 0. The molecule has 0 saturated carbocycles. The minimum Gasteiger partial charge on any atom is -0.363 e. The van der Waals surface area contributed by atoms with Crippen LogP contribution in [0.2, 0.25) is 0 Å². The van der Waals surface area contributed by atoms with Crippen molar-refractivity contribution in [1.82, 2.24) is 0 Å². The Morgan fingerprint density at radius 2 is 2.00 bits per heavy atom. The van der Waals surface area contributed by atoms with Crippen molar-refractivity contribution >= 4 is 10.9 Å². The summed E-state index contributed by atoms with van der Waals surface area (Å²) in [7, 11) is 0.0237. The molecule has 0 aliphatic carbocycles. The highest BCUT2D eigenvalue weighted by Gasteiger charge is 2.27. The SMILES string of the molecule is C1=C[SH](C2CO2)C=C1. The van der Waals surface area contributed by atoms with E-state index in [0.717, 1.165) is 6.61 Å². The van der Waals surface area contributed by atoms with E-state index in [1.165, 1.54) is 0 Å². The summed E-state index contributed by atoms with van der Waals surface area (Å²) in [5.74, 6) is 0. The van der Waals surface area contributed by atoms with Crippen LogP contribution in [0.5, 0.6) is 0 Å². The molecule has 0 spiro atoms. The van der Waals surface area contributed by atoms with Crippen LogP contribution < -0.4 is 0 Å². The van der Waals surface area contributed by atoms with E-state index >= 15 is 0 Å². The number of allylic oxidation sites excluding steroid dienone is 2. The van der Waals surface area contributed by atoms with Crippen LogP contribution in [0.25, 0.3) is 0 Å². The molecule has 44 valence electrons. The van der Waals surface area contributed by atoms with Gasteiger partial charge in [0.25, 0.3) is 0 Å². The topological polar surface area (TPSA) is 12.5 Å². The van der Waals surface area contributed by atoms with Gasteiger partial charge < -0.3 is 4.74 Å². The van der Waals surface area contributed by atoms with Gasteiger partial charge in [-0.1, -0.05) is 12.2 Å². The maximum absolute atomic E-state index is 5.12. The van der Waals surface area contributed by atoms with Gasteiger partial charge in [0.1, 0.15) is 5.44 Å². The van der Waals surface area contributed by atoms with E-state index < -0.39 is 0 Å². The zero-order valence-corrected chi connectivity index (χ0v) is 5.34. The standard InChI is InChI=1S/C6H8OS/c1-2-4-8(3-1)6-5-7-6/h1-4,6,8H,5H2. The fourth-order valence-electron chi connectivity index (χ4n) is 0.755. The molecule has 0 aromatic heterocycles. The maximum Gasteiger partial charge on any atom is 0.115 e. The first kappa shape index (κ1) is 4.65. The summed E-state index contributed by atoms with van der Waals surface area (Å²) >= 11 is 0. The third kappa shape index (κ3) is 0.699. The fraction of sp³-hybridized carbons (Fsp3) is 0.333. The zero-order chi connectivity index (χ0) is 5.40. The van der Waals surface area contributed by atoms with E-state index in [9.17, 15) is 0 Å². The van der Waals surface area contributed by atoms with E-state index in [4.69, 9.17) is 4.74 Å². The highest BCUT2D eigenvalue weighted by Crippen LogP contribution is 2.44. The Labute approximate surface area is 51.4 Å². The van der Waals surface area contributed by atoms with Crippen molar-refractivity contribution in [3.63, 3.8) is 0 Å². The molecule has 0 amide bonds. The summed E-state index contributed by atoms with van der Waals surface area (Å²) in [4.78, 5) is 0. The van der Waals surface area contributed by atoms with Crippen LogP contribution in [0.4, 0.5) is 0 Å². The normalized spacial score (nSPS) is 36.5. The summed E-state index contributed by atoms with van der Waals surface area (Å²) < 4.78 is 5.12. The number of thiol groups is 1. The van der Waals surface area contributed by atoms with Crippen LogP contribution in [-0.4, -0.2) is 12.0 Å². The average Bonchev–Trinajstić information content (AvgIpc) is 2.49. The van der Waals surface area contributed by atoms with E-state index in [-0.39, 0.29) is 10.9 Å². The van der Waals surface area contributed by atoms with Gasteiger partial charge in [-0.05, 0) is 10.8 Å². The molecule has 2 aliphatic heterocycles. The highest BCUT2D eigenvalue weighted by atomic mass is 32.2. The maximum atomic E-state index is 5.12. The number of epoxide rings is 1. The molecule has 2 heterocycles. The molecule has 1 unspecified atom stereocenters. The van der Waals surface area contributed by atoms with Crippen LogP contribution in [0.1, 0.15) is 0 Å². The molecule has 1 atom stereocenters. The van der Waals surface area contributed by atoms with Crippen molar-refractivity contribution in [1.29, 1.82) is 0 Å². The second kappa shape index (κ2) is 1.64. The number of hydrogen-bond acceptors (Lipinski definition) is 1. The smallest absolute Gasteiger partial charge is 0.115 e. The third-order valence-electron chi connectivity index (χ3n) is 1.28. The quantitative estimate of drug-likeness (QED) is 0.416. The Bertz CT molecular complexity index is 135. The van der Waals surface area contributed by atoms with Gasteiger partial charge in [-0.2, -0.15) is 10.9 Å². The van der Waals surface area contributed by atoms with Gasteiger partial charge in [0.2, 0.25) is 0 Å². The molecule has 1 nitrogen and oxygen atoms in total. The molecule has 0 bridgehead atoms. The van der Waals surface area contributed by atoms with Gasteiger partial charge in [0, 0.05) is 0 Å². The van der Waals surface area contributed by atoms with Crippen molar-refractivity contribution in [2.45, 2.75) is 5.44 Å². The summed E-state index contributed by atoms with van der Waals surface area (Å²) in [6.45, 7) is 0.986. The van der Waals surface area contributed by atoms with Gasteiger partial charge >= 0.3 is 0 Å². The Morgan fingerprint density at radius 1 is 1.38 bits per heavy atom. The van der Waals surface area contributed by atoms with Crippen LogP contribution in [0, 0.1) is 0 Å². The first-order valence-electron chi connectivity index (χ1n) is 2.71. The van der Waals surface area contributed by atoms with Crippen LogP contribution in [0.15, 0.2) is 23.0 Å². The molecule has 2 heteroatoms. The lowest BCUT2D eigenvalue weighted by atomic mass is 10.6. The molecule has 0 aromatic rings. The average molecular weight is 128 g/mol. The Kier molecular flexibility index (Phi) is 0.951. The second-order valence-electron chi connectivity index (χ2n) is 1.92. The largest absolute Gasteiger partial charge is 0.363 e. The summed E-state index contributed by atoms with van der Waals surface area (Å²) in [6.07, 6.45) is 4.21.